The van der Waals surface area contributed by atoms with Crippen molar-refractivity contribution in [3.05, 3.63) is 59.7 Å². The third kappa shape index (κ3) is 4.72. The fraction of sp³-hybridized carbons (Fsp3) is 0.478. The van der Waals surface area contributed by atoms with Crippen molar-refractivity contribution in [1.29, 1.82) is 0 Å². The summed E-state index contributed by atoms with van der Waals surface area (Å²) >= 11 is 0. The van der Waals surface area contributed by atoms with E-state index in [1.165, 1.54) is 24.3 Å². The maximum Gasteiger partial charge on any atom is 0.296 e. The zero-order valence-electron chi connectivity index (χ0n) is 17.8. The zero-order chi connectivity index (χ0) is 22.3. The van der Waals surface area contributed by atoms with Crippen LogP contribution >= 0.6 is 0 Å². The largest absolute Gasteiger partial charge is 0.296 e. The molecule has 0 N–H and O–H groups in total. The van der Waals surface area contributed by atoms with Crippen molar-refractivity contribution in [2.75, 3.05) is 13.2 Å². The van der Waals surface area contributed by atoms with Gasteiger partial charge in [-0.25, -0.2) is 0 Å². The normalized spacial score (nSPS) is 19.5. The standard InChI is InChI=1S/C23H28O6S2/c1-18-4-8-20(9-5-18)30(24,25)28-16-23(14-22(15-23)12-3-13-22)17-29-31(26,27)21-10-6-19(2)7-11-21/h4-11H,3,12-17H2,1-2H3. The lowest BCUT2D eigenvalue weighted by Gasteiger charge is -2.60. The molecule has 2 aromatic rings. The van der Waals surface area contributed by atoms with Crippen molar-refractivity contribution in [3.63, 3.8) is 0 Å². The fourth-order valence-electron chi connectivity index (χ4n) is 4.77. The molecule has 0 aliphatic heterocycles. The Hall–Kier alpha value is -1.74. The van der Waals surface area contributed by atoms with Crippen LogP contribution in [0.5, 0.6) is 0 Å². The molecule has 0 unspecified atom stereocenters. The first-order chi connectivity index (χ1) is 14.5. The molecule has 0 atom stereocenters. The van der Waals surface area contributed by atoms with Crippen molar-refractivity contribution in [2.45, 2.75) is 55.7 Å². The van der Waals surface area contributed by atoms with Gasteiger partial charge in [0.05, 0.1) is 23.0 Å². The minimum atomic E-state index is -3.93. The molecule has 0 radical (unpaired) electrons. The molecule has 2 aliphatic carbocycles. The van der Waals surface area contributed by atoms with Gasteiger partial charge in [-0.2, -0.15) is 16.8 Å². The minimum Gasteiger partial charge on any atom is -0.266 e. The monoisotopic (exact) mass is 464 g/mol. The molecule has 0 heterocycles. The van der Waals surface area contributed by atoms with E-state index in [0.29, 0.717) is 12.8 Å². The van der Waals surface area contributed by atoms with Gasteiger partial charge in [-0.1, -0.05) is 41.8 Å². The third-order valence-corrected chi connectivity index (χ3v) is 9.13. The first kappa shape index (κ1) is 22.5. The Kier molecular flexibility index (Phi) is 5.79. The van der Waals surface area contributed by atoms with Crippen LogP contribution in [0.3, 0.4) is 0 Å². The minimum absolute atomic E-state index is 0.0889. The summed E-state index contributed by atoms with van der Waals surface area (Å²) in [5.41, 5.74) is 1.47. The molecule has 2 saturated carbocycles. The molecule has 0 bridgehead atoms. The van der Waals surface area contributed by atoms with Crippen molar-refractivity contribution in [3.8, 4) is 0 Å². The van der Waals surface area contributed by atoms with Crippen molar-refractivity contribution in [1.82, 2.24) is 0 Å². The Balaban J connectivity index is 1.47. The van der Waals surface area contributed by atoms with E-state index in [1.807, 2.05) is 13.8 Å². The average Bonchev–Trinajstić information content (AvgIpc) is 2.66. The van der Waals surface area contributed by atoms with E-state index in [0.717, 1.165) is 30.4 Å². The molecule has 0 aromatic heterocycles. The molecule has 6 nitrogen and oxygen atoms in total. The van der Waals surface area contributed by atoms with E-state index in [-0.39, 0.29) is 28.4 Å². The third-order valence-electron chi connectivity index (χ3n) is 6.57. The Morgan fingerprint density at radius 2 is 1.10 bits per heavy atom. The van der Waals surface area contributed by atoms with Gasteiger partial charge in [-0.3, -0.25) is 8.37 Å². The van der Waals surface area contributed by atoms with Crippen LogP contribution in [0, 0.1) is 24.7 Å². The Morgan fingerprint density at radius 3 is 1.42 bits per heavy atom. The summed E-state index contributed by atoms with van der Waals surface area (Å²) in [6.45, 7) is 3.58. The molecule has 2 fully saturated rings. The van der Waals surface area contributed by atoms with E-state index in [9.17, 15) is 16.8 Å². The maximum atomic E-state index is 12.6. The Labute approximate surface area is 184 Å². The van der Waals surface area contributed by atoms with Crippen molar-refractivity contribution in [2.24, 2.45) is 10.8 Å². The average molecular weight is 465 g/mol. The van der Waals surface area contributed by atoms with Crippen LogP contribution in [0.15, 0.2) is 58.3 Å². The molecular weight excluding hydrogens is 436 g/mol. The molecule has 0 saturated heterocycles. The van der Waals surface area contributed by atoms with Gasteiger partial charge >= 0.3 is 0 Å². The lowest BCUT2D eigenvalue weighted by molar-refractivity contribution is -0.132. The van der Waals surface area contributed by atoms with Gasteiger partial charge in [0.1, 0.15) is 0 Å². The lowest BCUT2D eigenvalue weighted by atomic mass is 9.46. The second-order valence-electron chi connectivity index (χ2n) is 9.27. The summed E-state index contributed by atoms with van der Waals surface area (Å²) in [5.74, 6) is 0. The summed E-state index contributed by atoms with van der Waals surface area (Å²) in [5, 5.41) is 0. The van der Waals surface area contributed by atoms with Gasteiger partial charge in [-0.05, 0) is 69.2 Å². The number of hydrogen-bond acceptors (Lipinski definition) is 6. The van der Waals surface area contributed by atoms with Crippen molar-refractivity contribution < 1.29 is 25.2 Å². The summed E-state index contributed by atoms with van der Waals surface area (Å²) in [7, 11) is -7.86. The summed E-state index contributed by atoms with van der Waals surface area (Å²) in [4.78, 5) is 0.193. The van der Waals surface area contributed by atoms with E-state index in [4.69, 9.17) is 8.37 Å². The topological polar surface area (TPSA) is 86.7 Å². The van der Waals surface area contributed by atoms with E-state index in [2.05, 4.69) is 0 Å². The van der Waals surface area contributed by atoms with Gasteiger partial charge < -0.3 is 0 Å². The molecule has 0 amide bonds. The number of rotatable bonds is 8. The molecule has 168 valence electrons. The smallest absolute Gasteiger partial charge is 0.266 e. The van der Waals surface area contributed by atoms with Gasteiger partial charge in [0, 0.05) is 5.41 Å². The predicted molar refractivity (Wildman–Crippen MR) is 117 cm³/mol. The van der Waals surface area contributed by atoms with Crippen LogP contribution in [0.2, 0.25) is 0 Å². The highest BCUT2D eigenvalue weighted by molar-refractivity contribution is 7.87. The second-order valence-corrected chi connectivity index (χ2v) is 12.5. The van der Waals surface area contributed by atoms with Crippen LogP contribution in [-0.4, -0.2) is 30.0 Å². The first-order valence-electron chi connectivity index (χ1n) is 10.5. The zero-order valence-corrected chi connectivity index (χ0v) is 19.5. The highest BCUT2D eigenvalue weighted by Gasteiger charge is 2.58. The van der Waals surface area contributed by atoms with Gasteiger partial charge in [0.2, 0.25) is 0 Å². The first-order valence-corrected chi connectivity index (χ1v) is 13.3. The van der Waals surface area contributed by atoms with Crippen molar-refractivity contribution >= 4 is 20.2 Å². The highest BCUT2D eigenvalue weighted by atomic mass is 32.2. The molecular formula is C23H28O6S2. The lowest BCUT2D eigenvalue weighted by Crippen LogP contribution is -2.55. The van der Waals surface area contributed by atoms with Crippen LogP contribution in [0.1, 0.15) is 43.2 Å². The van der Waals surface area contributed by atoms with Gasteiger partial charge in [0.15, 0.2) is 0 Å². The fourth-order valence-corrected chi connectivity index (χ4v) is 6.79. The summed E-state index contributed by atoms with van der Waals surface area (Å²) in [6, 6.07) is 12.9. The molecule has 2 aromatic carbocycles. The molecule has 4 rings (SSSR count). The summed E-state index contributed by atoms with van der Waals surface area (Å²) < 4.78 is 61.4. The number of aryl methyl sites for hydroxylation is 2. The molecule has 8 heteroatoms. The van der Waals surface area contributed by atoms with Crippen LogP contribution in [0.4, 0.5) is 0 Å². The Morgan fingerprint density at radius 1 is 0.710 bits per heavy atom. The molecule has 31 heavy (non-hydrogen) atoms. The highest BCUT2D eigenvalue weighted by Crippen LogP contribution is 2.64. The van der Waals surface area contributed by atoms with E-state index in [1.54, 1.807) is 24.3 Å². The number of benzene rings is 2. The summed E-state index contributed by atoms with van der Waals surface area (Å²) in [6.07, 6.45) is 4.76. The van der Waals surface area contributed by atoms with E-state index >= 15 is 0 Å². The van der Waals surface area contributed by atoms with Crippen LogP contribution < -0.4 is 0 Å². The van der Waals surface area contributed by atoms with Gasteiger partial charge in [0.25, 0.3) is 20.2 Å². The second kappa shape index (κ2) is 7.99. The number of hydrogen-bond donors (Lipinski definition) is 0. The van der Waals surface area contributed by atoms with Gasteiger partial charge in [-0.15, -0.1) is 0 Å². The molecule has 2 aliphatic rings. The van der Waals surface area contributed by atoms with Crippen LogP contribution in [-0.2, 0) is 28.6 Å². The van der Waals surface area contributed by atoms with E-state index < -0.39 is 25.7 Å². The SMILES string of the molecule is Cc1ccc(S(=O)(=O)OCC2(COS(=O)(=O)c3ccc(C)cc3)CC3(CCC3)C2)cc1. The van der Waals surface area contributed by atoms with Crippen LogP contribution in [0.25, 0.3) is 0 Å². The molecule has 1 spiro atoms. The quantitative estimate of drug-likeness (QED) is 0.540. The maximum absolute atomic E-state index is 12.6. The Bertz CT molecular complexity index is 1060. The predicted octanol–water partition coefficient (Wildman–Crippen LogP) is 4.36.